The number of likely N-dealkylation sites (tertiary alicyclic amines) is 1. The maximum atomic E-state index is 14.3. The third-order valence-corrected chi connectivity index (χ3v) is 15.9. The summed E-state index contributed by atoms with van der Waals surface area (Å²) in [5, 5.41) is 39.5. The van der Waals surface area contributed by atoms with Crippen LogP contribution in [0.2, 0.25) is 0 Å². The van der Waals surface area contributed by atoms with Gasteiger partial charge < -0.3 is 50.5 Å². The number of β-amino-alcohol motifs (C(OH)–C–C–N with tert-alkyl or cyclic N) is 1. The molecule has 3 amide bonds. The normalized spacial score (nSPS) is 23.8. The molecule has 0 bridgehead atoms. The molecule has 0 radical (unpaired) electrons. The van der Waals surface area contributed by atoms with Gasteiger partial charge in [0.1, 0.15) is 23.6 Å². The average Bonchev–Trinajstić information content (AvgIpc) is 3.80. The average molecular weight is 997 g/mol. The Hall–Kier alpha value is -6.71. The molecule has 9 rings (SSSR count). The SMILES string of the molecule is C#Cc1ccc(CNC(=O)[C@@H]2C[C@@H](O)CN2C(=O)[C@@H](NC(=O)[C@H]2CCC3(CC2)C[C@H](N2CCN(c4cnc(N5CCN(c6cc(-c7ccccc7O)nnc6NCC)CC5)nc4)CC2)C3)C(C)(C)C)c(OC)c1. The molecule has 3 atom stereocenters. The van der Waals surface area contributed by atoms with Crippen molar-refractivity contribution in [2.24, 2.45) is 16.7 Å². The third-order valence-electron chi connectivity index (χ3n) is 15.9. The van der Waals surface area contributed by atoms with Crippen molar-refractivity contribution in [1.82, 2.24) is 40.6 Å². The summed E-state index contributed by atoms with van der Waals surface area (Å²) >= 11 is 0. The molecule has 18 heteroatoms. The molecule has 1 spiro atoms. The molecule has 2 aliphatic carbocycles. The zero-order valence-electron chi connectivity index (χ0n) is 43.0. The van der Waals surface area contributed by atoms with Gasteiger partial charge in [-0.25, -0.2) is 9.97 Å². The summed E-state index contributed by atoms with van der Waals surface area (Å²) in [4.78, 5) is 62.5. The van der Waals surface area contributed by atoms with Crippen molar-refractivity contribution >= 4 is 40.9 Å². The number of aromatic hydroxyl groups is 1. The Kier molecular flexibility index (Phi) is 15.3. The predicted octanol–water partition coefficient (Wildman–Crippen LogP) is 4.66. The number of phenolic OH excluding ortho intramolecular Hbond substituents is 1. The lowest BCUT2D eigenvalue weighted by Gasteiger charge is -2.56. The van der Waals surface area contributed by atoms with Crippen LogP contribution in [0.15, 0.2) is 60.9 Å². The largest absolute Gasteiger partial charge is 0.507 e. The van der Waals surface area contributed by atoms with E-state index in [1.165, 1.54) is 12.0 Å². The van der Waals surface area contributed by atoms with E-state index in [-0.39, 0.29) is 54.3 Å². The number of amides is 3. The van der Waals surface area contributed by atoms with Crippen LogP contribution in [0, 0.1) is 29.1 Å². The molecule has 5 N–H and O–H groups in total. The van der Waals surface area contributed by atoms with Gasteiger partial charge in [0.2, 0.25) is 23.7 Å². The van der Waals surface area contributed by atoms with Gasteiger partial charge in [0.25, 0.3) is 0 Å². The Bertz CT molecular complexity index is 2640. The number of aliphatic hydroxyl groups is 1. The molecule has 0 unspecified atom stereocenters. The fraction of sp³-hybridized carbons (Fsp3) is 0.545. The van der Waals surface area contributed by atoms with Gasteiger partial charge in [-0.3, -0.25) is 19.3 Å². The fourth-order valence-electron chi connectivity index (χ4n) is 11.6. The first kappa shape index (κ1) is 51.2. The molecule has 388 valence electrons. The lowest BCUT2D eigenvalue weighted by atomic mass is 9.56. The molecular formula is C55H72N12O6. The Balaban J connectivity index is 0.716. The number of methoxy groups -OCH3 is 1. The summed E-state index contributed by atoms with van der Waals surface area (Å²) in [5.74, 6) is 3.71. The number of aliphatic hydroxyl groups excluding tert-OH is 1. The first-order chi connectivity index (χ1) is 35.1. The molecule has 4 aromatic rings. The van der Waals surface area contributed by atoms with E-state index in [4.69, 9.17) is 21.1 Å². The Morgan fingerprint density at radius 2 is 1.59 bits per heavy atom. The van der Waals surface area contributed by atoms with E-state index >= 15 is 0 Å². The summed E-state index contributed by atoms with van der Waals surface area (Å²) in [5.41, 5.74) is 4.29. The second kappa shape index (κ2) is 21.8. The monoisotopic (exact) mass is 997 g/mol. The Morgan fingerprint density at radius 3 is 2.25 bits per heavy atom. The molecule has 18 nitrogen and oxygen atoms in total. The van der Waals surface area contributed by atoms with Gasteiger partial charge >= 0.3 is 0 Å². The molecule has 5 fully saturated rings. The molecule has 2 aromatic carbocycles. The highest BCUT2D eigenvalue weighted by Crippen LogP contribution is 2.54. The molecule has 73 heavy (non-hydrogen) atoms. The van der Waals surface area contributed by atoms with Gasteiger partial charge in [-0.1, -0.05) is 44.9 Å². The van der Waals surface area contributed by atoms with Crippen LogP contribution >= 0.6 is 0 Å². The first-order valence-corrected chi connectivity index (χ1v) is 26.1. The first-order valence-electron chi connectivity index (χ1n) is 26.1. The minimum Gasteiger partial charge on any atom is -0.507 e. The zero-order chi connectivity index (χ0) is 51.4. The van der Waals surface area contributed by atoms with Crippen LogP contribution in [0.4, 0.5) is 23.1 Å². The summed E-state index contributed by atoms with van der Waals surface area (Å²) in [6, 6.07) is 13.3. The van der Waals surface area contributed by atoms with E-state index in [0.717, 1.165) is 126 Å². The van der Waals surface area contributed by atoms with Crippen LogP contribution in [0.1, 0.15) is 83.8 Å². The number of terminal acetylenes is 1. The van der Waals surface area contributed by atoms with Crippen LogP contribution in [-0.2, 0) is 20.9 Å². The highest BCUT2D eigenvalue weighted by Gasteiger charge is 2.50. The van der Waals surface area contributed by atoms with Crippen LogP contribution in [0.5, 0.6) is 11.5 Å². The highest BCUT2D eigenvalue weighted by atomic mass is 16.5. The number of carbonyl (C=O) groups excluding carboxylic acids is 3. The molecule has 3 saturated heterocycles. The summed E-state index contributed by atoms with van der Waals surface area (Å²) in [6.07, 6.45) is 14.5. The maximum Gasteiger partial charge on any atom is 0.246 e. The van der Waals surface area contributed by atoms with Crippen molar-refractivity contribution in [2.45, 2.75) is 103 Å². The van der Waals surface area contributed by atoms with Crippen molar-refractivity contribution in [1.29, 1.82) is 0 Å². The molecular weight excluding hydrogens is 925 g/mol. The van der Waals surface area contributed by atoms with Gasteiger partial charge in [-0.15, -0.1) is 16.6 Å². The standard InChI is InChI=1S/C55H72N12O6/c1-7-36-13-14-38(47(27-36)73-6)32-57-51(71)45-28-41(68)35-67(45)52(72)48(54(3,4)5)60-50(70)37-15-17-55(18-16-37)30-39(31-55)63-19-21-64(22-20-63)40-33-58-53(59-34-40)66-25-23-65(24-26-66)44-29-43(61-62-49(44)56-8-2)42-11-9-10-12-46(42)69/h1,9-14,27,29,33-34,37,39,41,45,48,68-69H,8,15-26,28,30-32,35H2,2-6H3,(H,56,62)(H,57,71)(H,60,70)/t37-,39-,41-,45+,48-,55?/m1/s1. The number of benzene rings is 2. The van der Waals surface area contributed by atoms with Crippen molar-refractivity contribution in [3.05, 3.63) is 72.1 Å². The number of nitrogens with one attached hydrogen (secondary N) is 3. The number of phenols is 1. The number of ether oxygens (including phenoxy) is 1. The van der Waals surface area contributed by atoms with Crippen molar-refractivity contribution in [2.75, 3.05) is 92.6 Å². The van der Waals surface area contributed by atoms with Crippen molar-refractivity contribution in [3.63, 3.8) is 0 Å². The van der Waals surface area contributed by atoms with Gasteiger partial charge in [-0.05, 0) is 86.6 Å². The van der Waals surface area contributed by atoms with E-state index in [0.29, 0.717) is 28.6 Å². The lowest BCUT2D eigenvalue weighted by Crippen LogP contribution is -2.59. The molecule has 3 aliphatic heterocycles. The lowest BCUT2D eigenvalue weighted by molar-refractivity contribution is -0.145. The maximum absolute atomic E-state index is 14.3. The highest BCUT2D eigenvalue weighted by molar-refractivity contribution is 5.93. The van der Waals surface area contributed by atoms with E-state index in [9.17, 15) is 24.6 Å². The number of hydrogen-bond donors (Lipinski definition) is 5. The van der Waals surface area contributed by atoms with Crippen LogP contribution in [-0.4, -0.2) is 155 Å². The molecule has 5 heterocycles. The number of aromatic nitrogens is 4. The van der Waals surface area contributed by atoms with E-state index in [2.05, 4.69) is 51.7 Å². The number of anilines is 4. The van der Waals surface area contributed by atoms with E-state index in [1.807, 2.05) is 58.3 Å². The van der Waals surface area contributed by atoms with Crippen LogP contribution in [0.25, 0.3) is 11.3 Å². The van der Waals surface area contributed by atoms with Gasteiger partial charge in [0, 0.05) is 107 Å². The summed E-state index contributed by atoms with van der Waals surface area (Å²) < 4.78 is 5.48. The summed E-state index contributed by atoms with van der Waals surface area (Å²) in [6.45, 7) is 15.5. The third kappa shape index (κ3) is 11.3. The van der Waals surface area contributed by atoms with Crippen LogP contribution in [0.3, 0.4) is 0 Å². The zero-order valence-corrected chi connectivity index (χ0v) is 43.0. The van der Waals surface area contributed by atoms with Gasteiger partial charge in [0.15, 0.2) is 5.82 Å². The number of para-hydroxylation sites is 1. The number of piperazine rings is 2. The van der Waals surface area contributed by atoms with E-state index < -0.39 is 23.6 Å². The molecule has 2 aromatic heterocycles. The minimum absolute atomic E-state index is 0.0139. The second-order valence-corrected chi connectivity index (χ2v) is 21.7. The Labute approximate surface area is 429 Å². The second-order valence-electron chi connectivity index (χ2n) is 21.7. The number of nitrogens with zero attached hydrogens (tertiary/aromatic N) is 9. The minimum atomic E-state index is -0.881. The smallest absolute Gasteiger partial charge is 0.246 e. The number of carbonyl (C=O) groups is 3. The van der Waals surface area contributed by atoms with Gasteiger partial charge in [-0.2, -0.15) is 0 Å². The number of hydrogen-bond acceptors (Lipinski definition) is 15. The topological polar surface area (TPSA) is 205 Å². The Morgan fingerprint density at radius 1 is 0.904 bits per heavy atom. The predicted molar refractivity (Wildman–Crippen MR) is 281 cm³/mol. The van der Waals surface area contributed by atoms with E-state index in [1.54, 1.807) is 30.3 Å². The van der Waals surface area contributed by atoms with Crippen LogP contribution < -0.4 is 35.4 Å². The number of rotatable bonds is 14. The van der Waals surface area contributed by atoms with Crippen molar-refractivity contribution < 1.29 is 29.3 Å². The van der Waals surface area contributed by atoms with Crippen molar-refractivity contribution in [3.8, 4) is 35.1 Å². The fourth-order valence-corrected chi connectivity index (χ4v) is 11.6. The quantitative estimate of drug-likeness (QED) is 0.109. The summed E-state index contributed by atoms with van der Waals surface area (Å²) in [7, 11) is 1.54. The molecule has 2 saturated carbocycles. The van der Waals surface area contributed by atoms with Gasteiger partial charge in [0.05, 0.1) is 42.7 Å². The molecule has 5 aliphatic rings.